The quantitative estimate of drug-likeness (QED) is 0.559. The number of aromatic nitrogens is 4. The van der Waals surface area contributed by atoms with Crippen molar-refractivity contribution in [2.75, 3.05) is 22.6 Å². The Balaban J connectivity index is 1.46. The Morgan fingerprint density at radius 2 is 1.94 bits per heavy atom. The summed E-state index contributed by atoms with van der Waals surface area (Å²) in [7, 11) is 1.95. The molecular weight excluding hydrogens is 397 g/mol. The SMILES string of the molecule is Cc1nc(NCc2cnn(Cc3ccc(F)cc3)c2)nc2c1NC(O)[C@H](C(C)C)N2C. The van der Waals surface area contributed by atoms with Crippen LogP contribution >= 0.6 is 0 Å². The highest BCUT2D eigenvalue weighted by Gasteiger charge is 2.35. The zero-order chi connectivity index (χ0) is 22.1. The van der Waals surface area contributed by atoms with Gasteiger partial charge >= 0.3 is 0 Å². The predicted octanol–water partition coefficient (Wildman–Crippen LogP) is 2.99. The molecule has 164 valence electrons. The van der Waals surface area contributed by atoms with Crippen LogP contribution in [0.3, 0.4) is 0 Å². The van der Waals surface area contributed by atoms with Crippen LogP contribution in [0.25, 0.3) is 0 Å². The van der Waals surface area contributed by atoms with Gasteiger partial charge in [0, 0.05) is 25.4 Å². The highest BCUT2D eigenvalue weighted by Crippen LogP contribution is 2.35. The normalized spacial score (nSPS) is 18.1. The highest BCUT2D eigenvalue weighted by atomic mass is 19.1. The first-order valence-electron chi connectivity index (χ1n) is 10.4. The number of halogens is 1. The second kappa shape index (κ2) is 8.50. The maximum absolute atomic E-state index is 13.1. The van der Waals surface area contributed by atoms with Crippen LogP contribution in [0.4, 0.5) is 21.8 Å². The van der Waals surface area contributed by atoms with E-state index in [0.29, 0.717) is 19.0 Å². The van der Waals surface area contributed by atoms with Gasteiger partial charge in [-0.3, -0.25) is 4.68 Å². The number of aliphatic hydroxyl groups is 1. The van der Waals surface area contributed by atoms with Gasteiger partial charge in [0.1, 0.15) is 17.7 Å². The van der Waals surface area contributed by atoms with Gasteiger partial charge in [0.15, 0.2) is 5.82 Å². The molecule has 1 aliphatic rings. The summed E-state index contributed by atoms with van der Waals surface area (Å²) in [5.41, 5.74) is 3.50. The van der Waals surface area contributed by atoms with E-state index < -0.39 is 6.23 Å². The number of fused-ring (bicyclic) bond motifs is 1. The van der Waals surface area contributed by atoms with Crippen LogP contribution < -0.4 is 15.5 Å². The minimum atomic E-state index is -0.675. The van der Waals surface area contributed by atoms with Gasteiger partial charge in [0.05, 0.1) is 24.5 Å². The first-order valence-corrected chi connectivity index (χ1v) is 10.4. The van der Waals surface area contributed by atoms with Crippen LogP contribution in [0.1, 0.15) is 30.7 Å². The molecule has 0 amide bonds. The number of nitrogens with zero attached hydrogens (tertiary/aromatic N) is 5. The average molecular weight is 426 g/mol. The number of hydrogen-bond donors (Lipinski definition) is 3. The summed E-state index contributed by atoms with van der Waals surface area (Å²) >= 11 is 0. The number of likely N-dealkylation sites (N-methyl/N-ethyl adjacent to an activating group) is 1. The average Bonchev–Trinajstić information content (AvgIpc) is 3.16. The maximum atomic E-state index is 13.1. The maximum Gasteiger partial charge on any atom is 0.225 e. The minimum absolute atomic E-state index is 0.0839. The van der Waals surface area contributed by atoms with E-state index in [0.717, 1.165) is 28.3 Å². The zero-order valence-electron chi connectivity index (χ0n) is 18.2. The molecule has 0 radical (unpaired) electrons. The van der Waals surface area contributed by atoms with Crippen molar-refractivity contribution < 1.29 is 9.50 Å². The van der Waals surface area contributed by atoms with E-state index in [1.165, 1.54) is 12.1 Å². The van der Waals surface area contributed by atoms with Crippen molar-refractivity contribution in [3.05, 3.63) is 59.3 Å². The number of aryl methyl sites for hydroxylation is 1. The third kappa shape index (κ3) is 4.46. The summed E-state index contributed by atoms with van der Waals surface area (Å²) in [6.45, 7) is 7.15. The van der Waals surface area contributed by atoms with Gasteiger partial charge in [-0.2, -0.15) is 10.1 Å². The molecule has 8 nitrogen and oxygen atoms in total. The molecule has 1 unspecified atom stereocenters. The van der Waals surface area contributed by atoms with E-state index in [4.69, 9.17) is 0 Å². The van der Waals surface area contributed by atoms with Gasteiger partial charge in [0.2, 0.25) is 5.95 Å². The van der Waals surface area contributed by atoms with E-state index in [1.807, 2.05) is 29.7 Å². The van der Waals surface area contributed by atoms with Crippen molar-refractivity contribution >= 4 is 17.5 Å². The lowest BCUT2D eigenvalue weighted by Crippen LogP contribution is -2.52. The Labute approximate surface area is 181 Å². The van der Waals surface area contributed by atoms with Crippen molar-refractivity contribution in [1.82, 2.24) is 19.7 Å². The van der Waals surface area contributed by atoms with Crippen LogP contribution in [-0.4, -0.2) is 44.2 Å². The topological polar surface area (TPSA) is 91.1 Å². The lowest BCUT2D eigenvalue weighted by molar-refractivity contribution is 0.142. The second-order valence-corrected chi connectivity index (χ2v) is 8.29. The van der Waals surface area contributed by atoms with Crippen LogP contribution in [0.5, 0.6) is 0 Å². The van der Waals surface area contributed by atoms with E-state index in [-0.39, 0.29) is 17.8 Å². The summed E-state index contributed by atoms with van der Waals surface area (Å²) in [4.78, 5) is 11.2. The fourth-order valence-electron chi connectivity index (χ4n) is 4.00. The second-order valence-electron chi connectivity index (χ2n) is 8.29. The largest absolute Gasteiger partial charge is 0.372 e. The van der Waals surface area contributed by atoms with E-state index >= 15 is 0 Å². The fraction of sp³-hybridized carbons (Fsp3) is 0.409. The molecule has 31 heavy (non-hydrogen) atoms. The Kier molecular flexibility index (Phi) is 5.77. The van der Waals surface area contributed by atoms with E-state index in [2.05, 4.69) is 39.5 Å². The smallest absolute Gasteiger partial charge is 0.225 e. The third-order valence-corrected chi connectivity index (χ3v) is 5.55. The molecule has 1 aliphatic heterocycles. The molecule has 3 aromatic rings. The molecule has 9 heteroatoms. The van der Waals surface area contributed by atoms with Crippen LogP contribution in [0, 0.1) is 18.7 Å². The first kappa shape index (κ1) is 21.0. The lowest BCUT2D eigenvalue weighted by Gasteiger charge is -2.41. The molecule has 3 N–H and O–H groups in total. The Hall–Kier alpha value is -3.20. The van der Waals surface area contributed by atoms with Gasteiger partial charge < -0.3 is 20.6 Å². The van der Waals surface area contributed by atoms with Crippen molar-refractivity contribution in [3.63, 3.8) is 0 Å². The summed E-state index contributed by atoms with van der Waals surface area (Å²) in [5.74, 6) is 1.30. The van der Waals surface area contributed by atoms with Crippen molar-refractivity contribution in [3.8, 4) is 0 Å². The summed E-state index contributed by atoms with van der Waals surface area (Å²) in [6.07, 6.45) is 3.06. The first-order chi connectivity index (χ1) is 14.8. The lowest BCUT2D eigenvalue weighted by atomic mass is 9.98. The van der Waals surface area contributed by atoms with Gasteiger partial charge in [-0.1, -0.05) is 26.0 Å². The number of rotatable bonds is 6. The monoisotopic (exact) mass is 425 g/mol. The third-order valence-electron chi connectivity index (χ3n) is 5.55. The van der Waals surface area contributed by atoms with Crippen molar-refractivity contribution in [1.29, 1.82) is 0 Å². The summed E-state index contributed by atoms with van der Waals surface area (Å²) in [5, 5.41) is 21.3. The van der Waals surface area contributed by atoms with Crippen molar-refractivity contribution in [2.24, 2.45) is 5.92 Å². The number of anilines is 3. The molecule has 3 heterocycles. The van der Waals surface area contributed by atoms with Crippen LogP contribution in [-0.2, 0) is 13.1 Å². The molecule has 0 saturated carbocycles. The highest BCUT2D eigenvalue weighted by molar-refractivity contribution is 5.72. The molecule has 2 aromatic heterocycles. The van der Waals surface area contributed by atoms with Gasteiger partial charge in [-0.25, -0.2) is 9.37 Å². The number of hydrogen-bond acceptors (Lipinski definition) is 7. The van der Waals surface area contributed by atoms with Crippen molar-refractivity contribution in [2.45, 2.75) is 46.1 Å². The molecule has 0 saturated heterocycles. The minimum Gasteiger partial charge on any atom is -0.372 e. The summed E-state index contributed by atoms with van der Waals surface area (Å²) in [6, 6.07) is 6.33. The van der Waals surface area contributed by atoms with E-state index in [1.54, 1.807) is 18.3 Å². The predicted molar refractivity (Wildman–Crippen MR) is 118 cm³/mol. The Bertz CT molecular complexity index is 1050. The Morgan fingerprint density at radius 1 is 1.19 bits per heavy atom. The fourth-order valence-corrected chi connectivity index (χ4v) is 4.00. The molecular formula is C22H28FN7O. The summed E-state index contributed by atoms with van der Waals surface area (Å²) < 4.78 is 14.9. The van der Waals surface area contributed by atoms with Gasteiger partial charge in [0.25, 0.3) is 0 Å². The van der Waals surface area contributed by atoms with Gasteiger partial charge in [-0.15, -0.1) is 0 Å². The zero-order valence-corrected chi connectivity index (χ0v) is 18.2. The molecule has 1 aromatic carbocycles. The molecule has 4 rings (SSSR count). The molecule has 0 spiro atoms. The molecule has 0 fully saturated rings. The number of benzene rings is 1. The standard InChI is InChI=1S/C22H28FN7O/c1-13(2)19-21(31)27-18-14(3)26-22(28-20(18)29(19)4)24-9-16-10-25-30(12-16)11-15-5-7-17(23)8-6-15/h5-8,10,12-13,19,21,27,31H,9,11H2,1-4H3,(H,24,26,28)/t19-,21?/m0/s1. The Morgan fingerprint density at radius 3 is 2.65 bits per heavy atom. The molecule has 2 atom stereocenters. The number of nitrogens with one attached hydrogen (secondary N) is 2. The van der Waals surface area contributed by atoms with Crippen LogP contribution in [0.2, 0.25) is 0 Å². The number of aliphatic hydroxyl groups excluding tert-OH is 1. The van der Waals surface area contributed by atoms with E-state index in [9.17, 15) is 9.50 Å². The molecule has 0 bridgehead atoms. The molecule has 0 aliphatic carbocycles. The van der Waals surface area contributed by atoms with Gasteiger partial charge in [-0.05, 0) is 30.5 Å². The van der Waals surface area contributed by atoms with Crippen LogP contribution in [0.15, 0.2) is 36.7 Å².